The summed E-state index contributed by atoms with van der Waals surface area (Å²) >= 11 is 0. The maximum Gasteiger partial charge on any atom is 0.0631 e. The SMILES string of the molecule is CCC(CC)N(CCO)CC1CCC(C)(C)C1O. The maximum absolute atomic E-state index is 10.4. The van der Waals surface area contributed by atoms with Crippen LogP contribution in [0.4, 0.5) is 0 Å². The van der Waals surface area contributed by atoms with Crippen molar-refractivity contribution in [3.63, 3.8) is 0 Å². The van der Waals surface area contributed by atoms with E-state index >= 15 is 0 Å². The van der Waals surface area contributed by atoms with E-state index in [0.29, 0.717) is 12.0 Å². The van der Waals surface area contributed by atoms with Crippen LogP contribution in [0.25, 0.3) is 0 Å². The van der Waals surface area contributed by atoms with Crippen LogP contribution in [0.3, 0.4) is 0 Å². The molecule has 18 heavy (non-hydrogen) atoms. The van der Waals surface area contributed by atoms with Gasteiger partial charge >= 0.3 is 0 Å². The third-order valence-electron chi connectivity index (χ3n) is 4.72. The molecule has 0 heterocycles. The third kappa shape index (κ3) is 3.69. The molecule has 1 fully saturated rings. The van der Waals surface area contributed by atoms with Crippen LogP contribution < -0.4 is 0 Å². The lowest BCUT2D eigenvalue weighted by Crippen LogP contribution is -2.43. The molecule has 2 unspecified atom stereocenters. The maximum atomic E-state index is 10.4. The fourth-order valence-corrected chi connectivity index (χ4v) is 3.35. The number of nitrogens with zero attached hydrogens (tertiary/aromatic N) is 1. The molecule has 0 aromatic rings. The van der Waals surface area contributed by atoms with Crippen LogP contribution in [-0.4, -0.2) is 47.0 Å². The van der Waals surface area contributed by atoms with Crippen LogP contribution in [0.1, 0.15) is 53.4 Å². The molecule has 0 aromatic heterocycles. The number of aliphatic hydroxyl groups excluding tert-OH is 2. The molecule has 0 amide bonds. The predicted octanol–water partition coefficient (Wildman–Crippen LogP) is 2.27. The van der Waals surface area contributed by atoms with Gasteiger partial charge in [0, 0.05) is 19.1 Å². The minimum atomic E-state index is -0.201. The zero-order valence-corrected chi connectivity index (χ0v) is 12.5. The Balaban J connectivity index is 2.61. The van der Waals surface area contributed by atoms with Gasteiger partial charge in [0.15, 0.2) is 0 Å². The standard InChI is InChI=1S/C15H31NO2/c1-5-13(6-2)16(9-10-17)11-12-7-8-15(3,4)14(12)18/h12-14,17-18H,5-11H2,1-4H3. The molecular formula is C15H31NO2. The highest BCUT2D eigenvalue weighted by Crippen LogP contribution is 2.41. The molecule has 3 heteroatoms. The van der Waals surface area contributed by atoms with E-state index in [4.69, 9.17) is 0 Å². The lowest BCUT2D eigenvalue weighted by molar-refractivity contribution is 0.0221. The average molecular weight is 257 g/mol. The third-order valence-corrected chi connectivity index (χ3v) is 4.72. The normalized spacial score (nSPS) is 27.3. The van der Waals surface area contributed by atoms with Gasteiger partial charge in [0.1, 0.15) is 0 Å². The smallest absolute Gasteiger partial charge is 0.0631 e. The first-order valence-corrected chi connectivity index (χ1v) is 7.49. The zero-order chi connectivity index (χ0) is 13.8. The van der Waals surface area contributed by atoms with Crippen molar-refractivity contribution < 1.29 is 10.2 Å². The van der Waals surface area contributed by atoms with E-state index in [1.165, 1.54) is 0 Å². The highest BCUT2D eigenvalue weighted by atomic mass is 16.3. The average Bonchev–Trinajstić information content (AvgIpc) is 2.58. The second-order valence-corrected chi connectivity index (χ2v) is 6.42. The van der Waals surface area contributed by atoms with Crippen molar-refractivity contribution in [1.29, 1.82) is 0 Å². The summed E-state index contributed by atoms with van der Waals surface area (Å²) in [6.45, 7) is 10.6. The van der Waals surface area contributed by atoms with Crippen molar-refractivity contribution in [2.24, 2.45) is 11.3 Å². The molecule has 1 aliphatic carbocycles. The van der Waals surface area contributed by atoms with Crippen LogP contribution in [0.5, 0.6) is 0 Å². The first-order chi connectivity index (χ1) is 8.46. The summed E-state index contributed by atoms with van der Waals surface area (Å²) in [4.78, 5) is 2.37. The van der Waals surface area contributed by atoms with Crippen LogP contribution in [0, 0.1) is 11.3 Å². The Hall–Kier alpha value is -0.120. The molecule has 108 valence electrons. The van der Waals surface area contributed by atoms with Gasteiger partial charge in [-0.1, -0.05) is 27.7 Å². The molecule has 0 aliphatic heterocycles. The van der Waals surface area contributed by atoms with Crippen LogP contribution in [0.2, 0.25) is 0 Å². The van der Waals surface area contributed by atoms with Crippen molar-refractivity contribution >= 4 is 0 Å². The molecule has 2 atom stereocenters. The number of hydrogen-bond acceptors (Lipinski definition) is 3. The van der Waals surface area contributed by atoms with Gasteiger partial charge in [0.05, 0.1) is 12.7 Å². The van der Waals surface area contributed by atoms with Crippen molar-refractivity contribution in [3.05, 3.63) is 0 Å². The highest BCUT2D eigenvalue weighted by Gasteiger charge is 2.41. The zero-order valence-electron chi connectivity index (χ0n) is 12.5. The summed E-state index contributed by atoms with van der Waals surface area (Å²) in [5.41, 5.74) is 0.0590. The first-order valence-electron chi connectivity index (χ1n) is 7.49. The number of aliphatic hydroxyl groups is 2. The molecule has 2 N–H and O–H groups in total. The Morgan fingerprint density at radius 1 is 1.28 bits per heavy atom. The molecule has 1 saturated carbocycles. The molecule has 0 saturated heterocycles. The summed E-state index contributed by atoms with van der Waals surface area (Å²) in [6.07, 6.45) is 4.24. The van der Waals surface area contributed by atoms with Gasteiger partial charge in [-0.05, 0) is 37.0 Å². The quantitative estimate of drug-likeness (QED) is 0.735. The van der Waals surface area contributed by atoms with Crippen LogP contribution in [0.15, 0.2) is 0 Å². The summed E-state index contributed by atoms with van der Waals surface area (Å²) in [5, 5.41) is 19.6. The van der Waals surface area contributed by atoms with Crippen molar-refractivity contribution in [2.45, 2.75) is 65.5 Å². The van der Waals surface area contributed by atoms with Gasteiger partial charge in [-0.25, -0.2) is 0 Å². The Kier molecular flexibility index (Phi) is 6.09. The Morgan fingerprint density at radius 2 is 1.89 bits per heavy atom. The van der Waals surface area contributed by atoms with E-state index < -0.39 is 0 Å². The minimum absolute atomic E-state index is 0.0590. The summed E-state index contributed by atoms with van der Waals surface area (Å²) in [6, 6.07) is 0.535. The van der Waals surface area contributed by atoms with Gasteiger partial charge in [-0.3, -0.25) is 4.90 Å². The topological polar surface area (TPSA) is 43.7 Å². The van der Waals surface area contributed by atoms with Gasteiger partial charge in [-0.15, -0.1) is 0 Å². The van der Waals surface area contributed by atoms with Crippen molar-refractivity contribution in [3.8, 4) is 0 Å². The first kappa shape index (κ1) is 15.9. The van der Waals surface area contributed by atoms with Gasteiger partial charge < -0.3 is 10.2 Å². The lowest BCUT2D eigenvalue weighted by atomic mass is 9.87. The lowest BCUT2D eigenvalue weighted by Gasteiger charge is -2.34. The molecule has 0 aromatic carbocycles. The highest BCUT2D eigenvalue weighted by molar-refractivity contribution is 4.92. The van der Waals surface area contributed by atoms with E-state index in [1.807, 2.05) is 0 Å². The molecule has 1 aliphatic rings. The largest absolute Gasteiger partial charge is 0.395 e. The van der Waals surface area contributed by atoms with E-state index in [2.05, 4.69) is 32.6 Å². The Labute approximate surface area is 112 Å². The van der Waals surface area contributed by atoms with Crippen molar-refractivity contribution in [2.75, 3.05) is 19.7 Å². The van der Waals surface area contributed by atoms with Gasteiger partial charge in [-0.2, -0.15) is 0 Å². The minimum Gasteiger partial charge on any atom is -0.395 e. The summed E-state index contributed by atoms with van der Waals surface area (Å²) < 4.78 is 0. The Morgan fingerprint density at radius 3 is 2.28 bits per heavy atom. The van der Waals surface area contributed by atoms with Crippen LogP contribution in [-0.2, 0) is 0 Å². The van der Waals surface area contributed by atoms with Crippen LogP contribution >= 0.6 is 0 Å². The number of hydrogen-bond donors (Lipinski definition) is 2. The molecule has 0 bridgehead atoms. The molecule has 3 nitrogen and oxygen atoms in total. The summed E-state index contributed by atoms with van der Waals surface area (Å²) in [7, 11) is 0. The molecular weight excluding hydrogens is 226 g/mol. The van der Waals surface area contributed by atoms with E-state index in [-0.39, 0.29) is 18.1 Å². The Bertz CT molecular complexity index is 239. The molecule has 0 radical (unpaired) electrons. The fraction of sp³-hybridized carbons (Fsp3) is 1.00. The molecule has 0 spiro atoms. The van der Waals surface area contributed by atoms with E-state index in [0.717, 1.165) is 38.8 Å². The van der Waals surface area contributed by atoms with Crippen molar-refractivity contribution in [1.82, 2.24) is 4.90 Å². The van der Waals surface area contributed by atoms with Gasteiger partial charge in [0.2, 0.25) is 0 Å². The number of rotatable bonds is 7. The second kappa shape index (κ2) is 6.88. The van der Waals surface area contributed by atoms with E-state index in [9.17, 15) is 10.2 Å². The fourth-order valence-electron chi connectivity index (χ4n) is 3.35. The second-order valence-electron chi connectivity index (χ2n) is 6.42. The predicted molar refractivity (Wildman–Crippen MR) is 75.5 cm³/mol. The van der Waals surface area contributed by atoms with Gasteiger partial charge in [0.25, 0.3) is 0 Å². The molecule has 1 rings (SSSR count). The van der Waals surface area contributed by atoms with E-state index in [1.54, 1.807) is 0 Å². The summed E-state index contributed by atoms with van der Waals surface area (Å²) in [5.74, 6) is 0.368. The monoisotopic (exact) mass is 257 g/mol.